The second-order valence-corrected chi connectivity index (χ2v) is 5.04. The second kappa shape index (κ2) is 6.10. The fourth-order valence-electron chi connectivity index (χ4n) is 1.90. The predicted molar refractivity (Wildman–Crippen MR) is 76.8 cm³/mol. The summed E-state index contributed by atoms with van der Waals surface area (Å²) in [6.45, 7) is 0. The Morgan fingerprint density at radius 2 is 1.55 bits per heavy atom. The van der Waals surface area contributed by atoms with E-state index in [1.165, 1.54) is 30.3 Å². The van der Waals surface area contributed by atoms with Gasteiger partial charge in [-0.2, -0.15) is 13.2 Å². The van der Waals surface area contributed by atoms with Crippen molar-refractivity contribution in [3.63, 3.8) is 0 Å². The lowest BCUT2D eigenvalue weighted by atomic mass is 9.92. The highest BCUT2D eigenvalue weighted by Gasteiger charge is 2.54. The van der Waals surface area contributed by atoms with Gasteiger partial charge in [0.25, 0.3) is 0 Å². The van der Waals surface area contributed by atoms with Crippen LogP contribution in [0.3, 0.4) is 0 Å². The highest BCUT2D eigenvalue weighted by atomic mass is 35.5. The topological polar surface area (TPSA) is 20.2 Å². The Kier molecular flexibility index (Phi) is 4.58. The van der Waals surface area contributed by atoms with Gasteiger partial charge in [0, 0.05) is 10.6 Å². The summed E-state index contributed by atoms with van der Waals surface area (Å²) in [6.07, 6.45) is -3.30. The minimum atomic E-state index is -4.96. The van der Waals surface area contributed by atoms with Crippen molar-refractivity contribution in [1.82, 2.24) is 0 Å². The molecule has 0 aromatic heterocycles. The fourth-order valence-corrected chi connectivity index (χ4v) is 2.18. The minimum absolute atomic E-state index is 0.203. The van der Waals surface area contributed by atoms with E-state index in [0.717, 1.165) is 24.3 Å². The maximum atomic E-state index is 13.3. The summed E-state index contributed by atoms with van der Waals surface area (Å²) in [4.78, 5) is 0. The molecule has 0 saturated carbocycles. The Morgan fingerprint density at radius 1 is 0.955 bits per heavy atom. The van der Waals surface area contributed by atoms with Crippen molar-refractivity contribution in [2.45, 2.75) is 11.8 Å². The first kappa shape index (κ1) is 16.5. The average molecular weight is 331 g/mol. The van der Waals surface area contributed by atoms with Crippen molar-refractivity contribution >= 4 is 17.7 Å². The first-order chi connectivity index (χ1) is 10.2. The molecule has 2 rings (SSSR count). The van der Waals surface area contributed by atoms with Gasteiger partial charge in [0.15, 0.2) is 0 Å². The molecule has 0 fully saturated rings. The number of benzene rings is 2. The van der Waals surface area contributed by atoms with Gasteiger partial charge in [-0.3, -0.25) is 0 Å². The molecule has 1 atom stereocenters. The molecule has 0 spiro atoms. The van der Waals surface area contributed by atoms with E-state index < -0.39 is 23.2 Å². The third kappa shape index (κ3) is 3.31. The Hall–Kier alpha value is -1.85. The molecular formula is C16H11ClF4O. The number of halogens is 5. The molecule has 1 nitrogen and oxygen atoms in total. The van der Waals surface area contributed by atoms with Crippen LogP contribution in [0, 0.1) is 5.82 Å². The summed E-state index contributed by atoms with van der Waals surface area (Å²) >= 11 is 5.77. The molecule has 2 aromatic carbocycles. The summed E-state index contributed by atoms with van der Waals surface area (Å²) in [5.74, 6) is -0.505. The van der Waals surface area contributed by atoms with E-state index in [9.17, 15) is 22.7 Å². The predicted octanol–water partition coefficient (Wildman–Crippen LogP) is 4.94. The molecular weight excluding hydrogens is 320 g/mol. The van der Waals surface area contributed by atoms with Gasteiger partial charge in [-0.25, -0.2) is 4.39 Å². The molecule has 6 heteroatoms. The summed E-state index contributed by atoms with van der Waals surface area (Å²) < 4.78 is 52.7. The first-order valence-corrected chi connectivity index (χ1v) is 6.61. The van der Waals surface area contributed by atoms with Gasteiger partial charge in [0.1, 0.15) is 5.82 Å². The quantitative estimate of drug-likeness (QED) is 0.790. The zero-order chi connectivity index (χ0) is 16.4. The Labute approximate surface area is 129 Å². The Balaban J connectivity index is 2.47. The fraction of sp³-hybridized carbons (Fsp3) is 0.125. The Bertz CT molecular complexity index is 679. The number of alkyl halides is 3. The molecule has 0 amide bonds. The van der Waals surface area contributed by atoms with Gasteiger partial charge in [-0.15, -0.1) is 0 Å². The molecule has 2 aromatic rings. The van der Waals surface area contributed by atoms with Gasteiger partial charge in [-0.1, -0.05) is 48.0 Å². The SMILES string of the molecule is OC(C=Cc1ccc(F)cc1)(c1ccccc1Cl)C(F)(F)F. The zero-order valence-electron chi connectivity index (χ0n) is 11.1. The molecule has 0 radical (unpaired) electrons. The maximum Gasteiger partial charge on any atom is 0.425 e. The van der Waals surface area contributed by atoms with Crippen molar-refractivity contribution in [2.75, 3.05) is 0 Å². The van der Waals surface area contributed by atoms with E-state index in [1.807, 2.05) is 0 Å². The molecule has 1 unspecified atom stereocenters. The second-order valence-electron chi connectivity index (χ2n) is 4.63. The third-order valence-electron chi connectivity index (χ3n) is 3.10. The summed E-state index contributed by atoms with van der Waals surface area (Å²) in [5.41, 5.74) is -3.39. The van der Waals surface area contributed by atoms with Gasteiger partial charge >= 0.3 is 6.18 Å². The van der Waals surface area contributed by atoms with Crippen molar-refractivity contribution in [3.05, 3.63) is 76.6 Å². The lowest BCUT2D eigenvalue weighted by molar-refractivity contribution is -0.244. The molecule has 0 aliphatic carbocycles. The van der Waals surface area contributed by atoms with Crippen LogP contribution in [0.5, 0.6) is 0 Å². The normalized spacial score (nSPS) is 15.0. The number of hydrogen-bond acceptors (Lipinski definition) is 1. The van der Waals surface area contributed by atoms with Crippen molar-refractivity contribution < 1.29 is 22.7 Å². The van der Waals surface area contributed by atoms with E-state index in [1.54, 1.807) is 0 Å². The molecule has 0 bridgehead atoms. The van der Waals surface area contributed by atoms with Crippen LogP contribution in [0.1, 0.15) is 11.1 Å². The molecule has 0 aliphatic rings. The largest absolute Gasteiger partial charge is 0.425 e. The number of hydrogen-bond donors (Lipinski definition) is 1. The maximum absolute atomic E-state index is 13.3. The van der Waals surface area contributed by atoms with E-state index in [-0.39, 0.29) is 5.02 Å². The lowest BCUT2D eigenvalue weighted by Crippen LogP contribution is -2.40. The lowest BCUT2D eigenvalue weighted by Gasteiger charge is -2.28. The van der Waals surface area contributed by atoms with Gasteiger partial charge < -0.3 is 5.11 Å². The smallest absolute Gasteiger partial charge is 0.373 e. The highest BCUT2D eigenvalue weighted by molar-refractivity contribution is 6.31. The highest BCUT2D eigenvalue weighted by Crippen LogP contribution is 2.43. The van der Waals surface area contributed by atoms with Crippen LogP contribution in [-0.4, -0.2) is 11.3 Å². The zero-order valence-corrected chi connectivity index (χ0v) is 11.9. The number of aliphatic hydroxyl groups is 1. The van der Waals surface area contributed by atoms with Gasteiger partial charge in [-0.05, 0) is 29.8 Å². The van der Waals surface area contributed by atoms with E-state index in [4.69, 9.17) is 11.6 Å². The molecule has 22 heavy (non-hydrogen) atoms. The van der Waals surface area contributed by atoms with E-state index in [2.05, 4.69) is 0 Å². The molecule has 0 saturated heterocycles. The van der Waals surface area contributed by atoms with Crippen LogP contribution in [0.4, 0.5) is 17.6 Å². The monoisotopic (exact) mass is 330 g/mol. The van der Waals surface area contributed by atoms with Crippen LogP contribution in [0.25, 0.3) is 6.08 Å². The summed E-state index contributed by atoms with van der Waals surface area (Å²) in [7, 11) is 0. The molecule has 0 aliphatic heterocycles. The van der Waals surface area contributed by atoms with E-state index in [0.29, 0.717) is 11.6 Å². The van der Waals surface area contributed by atoms with Crippen LogP contribution in [0.2, 0.25) is 5.02 Å². The number of rotatable bonds is 3. The van der Waals surface area contributed by atoms with Gasteiger partial charge in [0.05, 0.1) is 0 Å². The van der Waals surface area contributed by atoms with Crippen LogP contribution in [-0.2, 0) is 5.60 Å². The van der Waals surface area contributed by atoms with Crippen molar-refractivity contribution in [1.29, 1.82) is 0 Å². The van der Waals surface area contributed by atoms with Crippen LogP contribution in [0.15, 0.2) is 54.6 Å². The molecule has 116 valence electrons. The molecule has 1 N–H and O–H groups in total. The van der Waals surface area contributed by atoms with Crippen molar-refractivity contribution in [2.24, 2.45) is 0 Å². The minimum Gasteiger partial charge on any atom is -0.373 e. The standard InChI is InChI=1S/C16H11ClF4O/c17-14-4-2-1-3-13(14)15(22,16(19,20)21)10-9-11-5-7-12(18)8-6-11/h1-10,22H. The average Bonchev–Trinajstić information content (AvgIpc) is 2.45. The molecule has 0 heterocycles. The third-order valence-corrected chi connectivity index (χ3v) is 3.43. The summed E-state index contributed by atoms with van der Waals surface area (Å²) in [6, 6.07) is 10.0. The van der Waals surface area contributed by atoms with Crippen LogP contribution >= 0.6 is 11.6 Å². The van der Waals surface area contributed by atoms with E-state index >= 15 is 0 Å². The van der Waals surface area contributed by atoms with Crippen LogP contribution < -0.4 is 0 Å². The van der Waals surface area contributed by atoms with Crippen molar-refractivity contribution in [3.8, 4) is 0 Å². The summed E-state index contributed by atoms with van der Waals surface area (Å²) in [5, 5.41) is 9.94. The Morgan fingerprint density at radius 3 is 2.09 bits per heavy atom. The van der Waals surface area contributed by atoms with Gasteiger partial charge in [0.2, 0.25) is 5.60 Å². The first-order valence-electron chi connectivity index (χ1n) is 6.23.